The second-order valence-electron chi connectivity index (χ2n) is 7.66. The Hall–Kier alpha value is -3.86. The maximum absolute atomic E-state index is 11.6. The normalized spacial score (nSPS) is 14.2. The Bertz CT molecular complexity index is 1080. The molecule has 1 aliphatic rings. The van der Waals surface area contributed by atoms with Crippen LogP contribution in [0.4, 0.5) is 11.6 Å². The zero-order valence-corrected chi connectivity index (χ0v) is 17.2. The Kier molecular flexibility index (Phi) is 6.13. The van der Waals surface area contributed by atoms with Gasteiger partial charge in [0.1, 0.15) is 18.0 Å². The van der Waals surface area contributed by atoms with E-state index in [1.54, 1.807) is 11.1 Å². The number of nitrogens with two attached hydrogens (primary N) is 1. The lowest BCUT2D eigenvalue weighted by atomic mass is 9.96. The Morgan fingerprint density at radius 1 is 1.23 bits per heavy atom. The molecule has 1 saturated heterocycles. The minimum atomic E-state index is -0.232. The van der Waals surface area contributed by atoms with E-state index >= 15 is 0 Å². The summed E-state index contributed by atoms with van der Waals surface area (Å²) in [6.45, 7) is 2.77. The predicted molar refractivity (Wildman–Crippen MR) is 120 cm³/mol. The van der Waals surface area contributed by atoms with Gasteiger partial charge in [-0.15, -0.1) is 6.42 Å². The van der Waals surface area contributed by atoms with Gasteiger partial charge in [0, 0.05) is 31.4 Å². The minimum absolute atomic E-state index is 0.232. The summed E-state index contributed by atoms with van der Waals surface area (Å²) in [4.78, 5) is 22.0. The summed E-state index contributed by atoms with van der Waals surface area (Å²) in [5, 5.41) is 7.90. The van der Waals surface area contributed by atoms with Crippen LogP contribution in [0.5, 0.6) is 0 Å². The van der Waals surface area contributed by atoms with Crippen molar-refractivity contribution >= 4 is 17.5 Å². The van der Waals surface area contributed by atoms with E-state index in [9.17, 15) is 4.79 Å². The topological polar surface area (TPSA) is 102 Å². The van der Waals surface area contributed by atoms with Crippen molar-refractivity contribution in [1.29, 1.82) is 0 Å². The van der Waals surface area contributed by atoms with Gasteiger partial charge in [0.05, 0.1) is 18.3 Å². The Morgan fingerprint density at radius 2 is 2.00 bits per heavy atom. The summed E-state index contributed by atoms with van der Waals surface area (Å²) < 4.78 is 1.87. The van der Waals surface area contributed by atoms with Crippen molar-refractivity contribution < 1.29 is 4.79 Å². The lowest BCUT2D eigenvalue weighted by Gasteiger charge is -2.31. The molecule has 8 nitrogen and oxygen atoms in total. The first kappa shape index (κ1) is 20.4. The number of likely N-dealkylation sites (tertiary alicyclic amines) is 1. The lowest BCUT2D eigenvalue weighted by Crippen LogP contribution is -2.39. The van der Waals surface area contributed by atoms with Crippen LogP contribution < -0.4 is 11.1 Å². The molecular formula is C23H25N7O. The number of amides is 1. The number of nitrogens with zero attached hydrogens (tertiary/aromatic N) is 5. The number of benzene rings is 1. The molecular weight excluding hydrogens is 390 g/mol. The molecule has 31 heavy (non-hydrogen) atoms. The van der Waals surface area contributed by atoms with Crippen LogP contribution in [-0.2, 0) is 11.3 Å². The Morgan fingerprint density at radius 3 is 2.74 bits per heavy atom. The monoisotopic (exact) mass is 415 g/mol. The van der Waals surface area contributed by atoms with E-state index in [1.807, 2.05) is 29.1 Å². The van der Waals surface area contributed by atoms with Gasteiger partial charge in [-0.05, 0) is 30.2 Å². The zero-order chi connectivity index (χ0) is 21.6. The zero-order valence-electron chi connectivity index (χ0n) is 17.2. The van der Waals surface area contributed by atoms with Crippen LogP contribution in [0.2, 0.25) is 0 Å². The molecule has 0 bridgehead atoms. The maximum Gasteiger partial charge on any atom is 0.298 e. The summed E-state index contributed by atoms with van der Waals surface area (Å²) in [6, 6.07) is 10.2. The fourth-order valence-electron chi connectivity index (χ4n) is 3.84. The van der Waals surface area contributed by atoms with Crippen LogP contribution in [0, 0.1) is 18.3 Å². The maximum atomic E-state index is 11.6. The number of nitrogens with one attached hydrogen (secondary N) is 1. The van der Waals surface area contributed by atoms with Crippen molar-refractivity contribution in [3.05, 3.63) is 54.6 Å². The quantitative estimate of drug-likeness (QED) is 0.599. The first-order valence-electron chi connectivity index (χ1n) is 10.3. The second kappa shape index (κ2) is 9.30. The van der Waals surface area contributed by atoms with Crippen molar-refractivity contribution in [1.82, 2.24) is 24.6 Å². The molecule has 3 aromatic rings. The number of aromatic nitrogens is 4. The SMILES string of the molecule is C#CC(=O)N1CCC(CNc2ncnc(N)c2-c2cnn(Cc3ccccc3)c2)CC1. The van der Waals surface area contributed by atoms with E-state index in [0.29, 0.717) is 37.2 Å². The molecule has 0 atom stereocenters. The lowest BCUT2D eigenvalue weighted by molar-refractivity contribution is -0.126. The van der Waals surface area contributed by atoms with Crippen LogP contribution in [0.3, 0.4) is 0 Å². The third kappa shape index (κ3) is 4.83. The summed E-state index contributed by atoms with van der Waals surface area (Å²) in [6.07, 6.45) is 12.2. The van der Waals surface area contributed by atoms with Gasteiger partial charge >= 0.3 is 0 Å². The number of carbonyl (C=O) groups is 1. The molecule has 1 fully saturated rings. The third-order valence-corrected chi connectivity index (χ3v) is 5.57. The molecule has 8 heteroatoms. The number of piperidine rings is 1. The number of nitrogen functional groups attached to an aromatic ring is 1. The molecule has 0 spiro atoms. The Balaban J connectivity index is 1.44. The first-order valence-corrected chi connectivity index (χ1v) is 10.3. The summed E-state index contributed by atoms with van der Waals surface area (Å²) >= 11 is 0. The highest BCUT2D eigenvalue weighted by Gasteiger charge is 2.22. The largest absolute Gasteiger partial charge is 0.383 e. The van der Waals surface area contributed by atoms with Crippen molar-refractivity contribution in [2.24, 2.45) is 5.92 Å². The third-order valence-electron chi connectivity index (χ3n) is 5.57. The average Bonchev–Trinajstić information content (AvgIpc) is 3.26. The molecule has 0 saturated carbocycles. The minimum Gasteiger partial charge on any atom is -0.383 e. The fraction of sp³-hybridized carbons (Fsp3) is 0.304. The number of carbonyl (C=O) groups excluding carboxylic acids is 1. The van der Waals surface area contributed by atoms with Gasteiger partial charge in [-0.2, -0.15) is 5.10 Å². The molecule has 1 amide bonds. The van der Waals surface area contributed by atoms with E-state index in [0.717, 1.165) is 30.5 Å². The Labute approximate surface area is 181 Å². The molecule has 0 unspecified atom stereocenters. The van der Waals surface area contributed by atoms with Crippen LogP contribution in [0.15, 0.2) is 49.1 Å². The van der Waals surface area contributed by atoms with Gasteiger partial charge in [-0.25, -0.2) is 9.97 Å². The van der Waals surface area contributed by atoms with E-state index in [4.69, 9.17) is 12.2 Å². The van der Waals surface area contributed by atoms with Gasteiger partial charge in [-0.3, -0.25) is 9.48 Å². The van der Waals surface area contributed by atoms with Crippen LogP contribution in [0.1, 0.15) is 18.4 Å². The molecule has 0 aliphatic carbocycles. The van der Waals surface area contributed by atoms with Gasteiger partial charge < -0.3 is 16.0 Å². The highest BCUT2D eigenvalue weighted by Crippen LogP contribution is 2.31. The van der Waals surface area contributed by atoms with E-state index < -0.39 is 0 Å². The molecule has 2 aromatic heterocycles. The number of rotatable bonds is 6. The molecule has 3 N–H and O–H groups in total. The van der Waals surface area contributed by atoms with Crippen LogP contribution in [0.25, 0.3) is 11.1 Å². The van der Waals surface area contributed by atoms with Crippen LogP contribution >= 0.6 is 0 Å². The van der Waals surface area contributed by atoms with Gasteiger partial charge in [0.2, 0.25) is 0 Å². The van der Waals surface area contributed by atoms with Crippen molar-refractivity contribution in [2.75, 3.05) is 30.7 Å². The van der Waals surface area contributed by atoms with Crippen molar-refractivity contribution in [2.45, 2.75) is 19.4 Å². The standard InChI is InChI=1S/C23H25N7O/c1-2-20(31)29-10-8-17(9-11-29)12-25-23-21(22(24)26-16-27-23)19-13-28-30(15-19)14-18-6-4-3-5-7-18/h1,3-7,13,15-17H,8-12,14H2,(H3,24,25,26,27). The second-order valence-corrected chi connectivity index (χ2v) is 7.66. The number of hydrogen-bond acceptors (Lipinski definition) is 6. The smallest absolute Gasteiger partial charge is 0.298 e. The number of anilines is 2. The first-order chi connectivity index (χ1) is 15.1. The van der Waals surface area contributed by atoms with Crippen molar-refractivity contribution in [3.63, 3.8) is 0 Å². The molecule has 3 heterocycles. The highest BCUT2D eigenvalue weighted by atomic mass is 16.2. The predicted octanol–water partition coefficient (Wildman–Crippen LogP) is 2.25. The van der Waals surface area contributed by atoms with Crippen LogP contribution in [-0.4, -0.2) is 50.2 Å². The summed E-state index contributed by atoms with van der Waals surface area (Å²) in [5.41, 5.74) is 8.99. The molecule has 1 aromatic carbocycles. The summed E-state index contributed by atoms with van der Waals surface area (Å²) in [5.74, 6) is 3.48. The van der Waals surface area contributed by atoms with Gasteiger partial charge in [-0.1, -0.05) is 30.3 Å². The van der Waals surface area contributed by atoms with Gasteiger partial charge in [0.15, 0.2) is 0 Å². The molecule has 158 valence electrons. The van der Waals surface area contributed by atoms with E-state index in [-0.39, 0.29) is 5.91 Å². The van der Waals surface area contributed by atoms with Crippen molar-refractivity contribution in [3.8, 4) is 23.5 Å². The molecule has 4 rings (SSSR count). The summed E-state index contributed by atoms with van der Waals surface area (Å²) in [7, 11) is 0. The molecule has 1 aliphatic heterocycles. The van der Waals surface area contributed by atoms with Gasteiger partial charge in [0.25, 0.3) is 5.91 Å². The highest BCUT2D eigenvalue weighted by molar-refractivity contribution is 5.92. The van der Waals surface area contributed by atoms with E-state index in [2.05, 4.69) is 38.4 Å². The fourth-order valence-corrected chi connectivity index (χ4v) is 3.84. The number of hydrogen-bond donors (Lipinski definition) is 2. The number of terminal acetylenes is 1. The van der Waals surface area contributed by atoms with E-state index in [1.165, 1.54) is 11.9 Å². The molecule has 0 radical (unpaired) electrons. The average molecular weight is 416 g/mol.